The molecule has 1 atom stereocenters. The Morgan fingerprint density at radius 2 is 2.00 bits per heavy atom. The Bertz CT molecular complexity index is 62.1. The molecule has 1 aliphatic rings. The van der Waals surface area contributed by atoms with E-state index >= 15 is 0 Å². The zero-order chi connectivity index (χ0) is 7.11. The highest BCUT2D eigenvalue weighted by atomic mass is 28.3. The molecule has 0 saturated carbocycles. The molecule has 9 heavy (non-hydrogen) atoms. The molecule has 0 amide bonds. The minimum Gasteiger partial charge on any atom is -0.413 e. The highest BCUT2D eigenvalue weighted by Gasteiger charge is 2.11. The summed E-state index contributed by atoms with van der Waals surface area (Å²) in [6.07, 6.45) is 2.32. The second kappa shape index (κ2) is 6.00. The summed E-state index contributed by atoms with van der Waals surface area (Å²) < 4.78 is 4.97. The lowest BCUT2D eigenvalue weighted by atomic mass is 10.4. The van der Waals surface area contributed by atoms with Gasteiger partial charge in [0.05, 0.1) is 0 Å². The van der Waals surface area contributed by atoms with Gasteiger partial charge in [0.25, 0.3) is 0 Å². The van der Waals surface area contributed by atoms with Crippen molar-refractivity contribution < 1.29 is 9.22 Å². The molecule has 1 fully saturated rings. The summed E-state index contributed by atoms with van der Waals surface area (Å²) in [5, 5.41) is 0. The topological polar surface area (TPSA) is 29.5 Å². The van der Waals surface area contributed by atoms with E-state index in [2.05, 4.69) is 13.2 Å². The molecule has 3 heteroatoms. The van der Waals surface area contributed by atoms with E-state index in [1.165, 1.54) is 6.42 Å². The maximum Gasteiger partial charge on any atom is 0.318 e. The van der Waals surface area contributed by atoms with Crippen molar-refractivity contribution in [3.05, 3.63) is 13.2 Å². The predicted molar refractivity (Wildman–Crippen MR) is 40.6 cm³/mol. The van der Waals surface area contributed by atoms with Crippen molar-refractivity contribution in [1.29, 1.82) is 0 Å². The van der Waals surface area contributed by atoms with Gasteiger partial charge in [-0.3, -0.25) is 0 Å². The van der Waals surface area contributed by atoms with Crippen LogP contribution in [0.25, 0.3) is 0 Å². The lowest BCUT2D eigenvalue weighted by Gasteiger charge is -2.14. The number of hydrogen-bond acceptors (Lipinski definition) is 2. The van der Waals surface area contributed by atoms with Gasteiger partial charge >= 0.3 is 9.28 Å². The summed E-state index contributed by atoms with van der Waals surface area (Å²) in [4.78, 5) is 8.83. The molecule has 0 radical (unpaired) electrons. The summed E-state index contributed by atoms with van der Waals surface area (Å²) in [5.74, 6) is 0. The van der Waals surface area contributed by atoms with Crippen LogP contribution in [0, 0.1) is 0 Å². The number of hydrogen-bond donors (Lipinski definition) is 1. The SMILES string of the molecule is C=C.O[SiH]1CCCCO1. The zero-order valence-corrected chi connectivity index (χ0v) is 6.83. The van der Waals surface area contributed by atoms with E-state index in [0.717, 1.165) is 19.1 Å². The Morgan fingerprint density at radius 1 is 1.33 bits per heavy atom. The van der Waals surface area contributed by atoms with Crippen LogP contribution in [-0.4, -0.2) is 20.7 Å². The quantitative estimate of drug-likeness (QED) is 0.405. The third-order valence-electron chi connectivity index (χ3n) is 1.16. The van der Waals surface area contributed by atoms with Gasteiger partial charge in [-0.1, -0.05) is 0 Å². The molecule has 0 aromatic rings. The first-order valence-electron chi connectivity index (χ1n) is 3.19. The third kappa shape index (κ3) is 4.38. The standard InChI is InChI=1S/C4H10O2Si.C2H4/c5-7-4-2-1-3-6-7;1-2/h5,7H,1-4H2;1-2H2. The molecule has 1 N–H and O–H groups in total. The fourth-order valence-corrected chi connectivity index (χ4v) is 1.97. The number of rotatable bonds is 0. The van der Waals surface area contributed by atoms with E-state index in [-0.39, 0.29) is 0 Å². The third-order valence-corrected chi connectivity index (χ3v) is 2.68. The van der Waals surface area contributed by atoms with Crippen molar-refractivity contribution in [3.8, 4) is 0 Å². The van der Waals surface area contributed by atoms with Crippen LogP contribution in [0.3, 0.4) is 0 Å². The smallest absolute Gasteiger partial charge is 0.318 e. The maximum absolute atomic E-state index is 8.83. The first-order chi connectivity index (χ1) is 4.39. The molecule has 0 spiro atoms. The highest BCUT2D eigenvalue weighted by molar-refractivity contribution is 6.42. The van der Waals surface area contributed by atoms with E-state index in [9.17, 15) is 0 Å². The molecular weight excluding hydrogens is 132 g/mol. The average Bonchev–Trinajstić information content (AvgIpc) is 1.94. The highest BCUT2D eigenvalue weighted by Crippen LogP contribution is 2.07. The van der Waals surface area contributed by atoms with Gasteiger partial charge in [-0.25, -0.2) is 0 Å². The summed E-state index contributed by atoms with van der Waals surface area (Å²) in [6, 6.07) is 0.958. The van der Waals surface area contributed by atoms with E-state index in [0.29, 0.717) is 0 Å². The van der Waals surface area contributed by atoms with Crippen LogP contribution in [0.5, 0.6) is 0 Å². The zero-order valence-electron chi connectivity index (χ0n) is 5.68. The van der Waals surface area contributed by atoms with Crippen molar-refractivity contribution in [2.24, 2.45) is 0 Å². The summed E-state index contributed by atoms with van der Waals surface area (Å²) in [7, 11) is -1.59. The second-order valence-corrected chi connectivity index (χ2v) is 3.64. The van der Waals surface area contributed by atoms with Crippen LogP contribution in [0.2, 0.25) is 6.04 Å². The molecule has 0 bridgehead atoms. The molecule has 1 heterocycles. The summed E-state index contributed by atoms with van der Waals surface area (Å²) in [6.45, 7) is 6.80. The summed E-state index contributed by atoms with van der Waals surface area (Å²) in [5.41, 5.74) is 0. The van der Waals surface area contributed by atoms with E-state index in [1.807, 2.05) is 0 Å². The molecule has 54 valence electrons. The monoisotopic (exact) mass is 146 g/mol. The van der Waals surface area contributed by atoms with Crippen LogP contribution < -0.4 is 0 Å². The van der Waals surface area contributed by atoms with Crippen LogP contribution in [-0.2, 0) is 4.43 Å². The van der Waals surface area contributed by atoms with Gasteiger partial charge in [0.2, 0.25) is 0 Å². The fraction of sp³-hybridized carbons (Fsp3) is 0.667. The van der Waals surface area contributed by atoms with Gasteiger partial charge in [0.15, 0.2) is 0 Å². The van der Waals surface area contributed by atoms with E-state index in [4.69, 9.17) is 9.22 Å². The predicted octanol–water partition coefficient (Wildman–Crippen LogP) is 0.812. The molecule has 2 nitrogen and oxygen atoms in total. The van der Waals surface area contributed by atoms with E-state index in [1.54, 1.807) is 0 Å². The molecule has 0 aromatic heterocycles. The molecular formula is C6H14O2Si. The largest absolute Gasteiger partial charge is 0.413 e. The Balaban J connectivity index is 0.000000291. The van der Waals surface area contributed by atoms with Crippen LogP contribution in [0.15, 0.2) is 13.2 Å². The van der Waals surface area contributed by atoms with Crippen LogP contribution >= 0.6 is 0 Å². The van der Waals surface area contributed by atoms with Crippen molar-refractivity contribution in [3.63, 3.8) is 0 Å². The van der Waals surface area contributed by atoms with Gasteiger partial charge in [-0.15, -0.1) is 13.2 Å². The lowest BCUT2D eigenvalue weighted by Crippen LogP contribution is -2.22. The normalized spacial score (nSPS) is 26.1. The minimum atomic E-state index is -1.59. The summed E-state index contributed by atoms with van der Waals surface area (Å²) >= 11 is 0. The Morgan fingerprint density at radius 3 is 2.22 bits per heavy atom. The van der Waals surface area contributed by atoms with Crippen LogP contribution in [0.4, 0.5) is 0 Å². The molecule has 1 unspecified atom stereocenters. The fourth-order valence-electron chi connectivity index (χ4n) is 0.724. The first-order valence-corrected chi connectivity index (χ1v) is 5.00. The van der Waals surface area contributed by atoms with Gasteiger partial charge in [0, 0.05) is 6.61 Å². The Labute approximate surface area is 58.0 Å². The van der Waals surface area contributed by atoms with Crippen molar-refractivity contribution in [1.82, 2.24) is 0 Å². The Kier molecular flexibility index (Phi) is 5.92. The average molecular weight is 146 g/mol. The lowest BCUT2D eigenvalue weighted by molar-refractivity contribution is 0.231. The molecule has 1 aliphatic heterocycles. The van der Waals surface area contributed by atoms with Gasteiger partial charge in [0.1, 0.15) is 0 Å². The van der Waals surface area contributed by atoms with Gasteiger partial charge in [-0.2, -0.15) is 0 Å². The molecule has 1 saturated heterocycles. The van der Waals surface area contributed by atoms with Gasteiger partial charge < -0.3 is 9.22 Å². The van der Waals surface area contributed by atoms with Crippen molar-refractivity contribution >= 4 is 9.28 Å². The second-order valence-electron chi connectivity index (χ2n) is 1.82. The van der Waals surface area contributed by atoms with E-state index < -0.39 is 9.28 Å². The maximum atomic E-state index is 8.83. The molecule has 0 aromatic carbocycles. The molecule has 1 rings (SSSR count). The van der Waals surface area contributed by atoms with Crippen molar-refractivity contribution in [2.45, 2.75) is 18.9 Å². The Hall–Kier alpha value is -0.123. The van der Waals surface area contributed by atoms with Gasteiger partial charge in [-0.05, 0) is 18.9 Å². The molecule has 0 aliphatic carbocycles. The van der Waals surface area contributed by atoms with Crippen molar-refractivity contribution in [2.75, 3.05) is 6.61 Å². The van der Waals surface area contributed by atoms with Crippen LogP contribution in [0.1, 0.15) is 12.8 Å². The first kappa shape index (κ1) is 8.88. The minimum absolute atomic E-state index is 0.799.